The van der Waals surface area contributed by atoms with E-state index in [1.807, 2.05) is 37.3 Å². The van der Waals surface area contributed by atoms with E-state index in [9.17, 15) is 18.4 Å². The van der Waals surface area contributed by atoms with Gasteiger partial charge in [0.25, 0.3) is 5.91 Å². The predicted molar refractivity (Wildman–Crippen MR) is 140 cm³/mol. The number of para-hydroxylation sites is 1. The number of rotatable bonds is 9. The van der Waals surface area contributed by atoms with Gasteiger partial charge in [0, 0.05) is 44.8 Å². The SMILES string of the molecule is CCNC(=O)c1nn(-c2ccccc2)c(NC(=O)NC2CN(CCOC)CC2c2ccc(F)c(F)c2)c1C. The Morgan fingerprint density at radius 3 is 2.55 bits per heavy atom. The van der Waals surface area contributed by atoms with Gasteiger partial charge >= 0.3 is 6.03 Å². The first-order valence-electron chi connectivity index (χ1n) is 12.5. The van der Waals surface area contributed by atoms with Crippen molar-refractivity contribution in [3.8, 4) is 5.69 Å². The van der Waals surface area contributed by atoms with Crippen LogP contribution in [0.1, 0.15) is 34.5 Å². The van der Waals surface area contributed by atoms with E-state index in [1.54, 1.807) is 20.1 Å². The first kappa shape index (κ1) is 27.2. The number of urea groups is 1. The molecule has 2 heterocycles. The Hall–Kier alpha value is -3.83. The van der Waals surface area contributed by atoms with Crippen molar-refractivity contribution >= 4 is 17.8 Å². The molecule has 0 bridgehead atoms. The first-order chi connectivity index (χ1) is 18.3. The zero-order chi connectivity index (χ0) is 27.2. The highest BCUT2D eigenvalue weighted by atomic mass is 19.2. The van der Waals surface area contributed by atoms with Crippen LogP contribution in [0.2, 0.25) is 0 Å². The molecule has 2 unspecified atom stereocenters. The van der Waals surface area contributed by atoms with Crippen molar-refractivity contribution in [1.29, 1.82) is 0 Å². The molecule has 2 aromatic carbocycles. The van der Waals surface area contributed by atoms with Crippen molar-refractivity contribution in [2.75, 3.05) is 45.2 Å². The van der Waals surface area contributed by atoms with Gasteiger partial charge in [-0.15, -0.1) is 0 Å². The summed E-state index contributed by atoms with van der Waals surface area (Å²) in [5.74, 6) is -2.10. The number of hydrogen-bond acceptors (Lipinski definition) is 5. The Morgan fingerprint density at radius 1 is 1.11 bits per heavy atom. The summed E-state index contributed by atoms with van der Waals surface area (Å²) in [4.78, 5) is 28.0. The summed E-state index contributed by atoms with van der Waals surface area (Å²) < 4.78 is 34.3. The number of anilines is 1. The Kier molecular flexibility index (Phi) is 8.70. The van der Waals surface area contributed by atoms with E-state index in [0.29, 0.717) is 55.4 Å². The number of hydrogen-bond donors (Lipinski definition) is 3. The van der Waals surface area contributed by atoms with Crippen molar-refractivity contribution in [3.63, 3.8) is 0 Å². The van der Waals surface area contributed by atoms with Gasteiger partial charge in [0.1, 0.15) is 5.82 Å². The fourth-order valence-electron chi connectivity index (χ4n) is 4.69. The third-order valence-electron chi connectivity index (χ3n) is 6.60. The molecule has 0 spiro atoms. The molecule has 1 aliphatic rings. The van der Waals surface area contributed by atoms with Gasteiger partial charge in [-0.05, 0) is 43.7 Å². The lowest BCUT2D eigenvalue weighted by molar-refractivity contribution is 0.0949. The number of amides is 3. The summed E-state index contributed by atoms with van der Waals surface area (Å²) in [6, 6.07) is 12.1. The number of ether oxygens (including phenoxy) is 1. The summed E-state index contributed by atoms with van der Waals surface area (Å²) in [7, 11) is 1.61. The van der Waals surface area contributed by atoms with E-state index in [2.05, 4.69) is 25.9 Å². The normalized spacial score (nSPS) is 17.4. The van der Waals surface area contributed by atoms with Crippen LogP contribution in [0.15, 0.2) is 48.5 Å². The molecule has 0 radical (unpaired) electrons. The van der Waals surface area contributed by atoms with Gasteiger partial charge in [0.05, 0.1) is 18.3 Å². The number of aromatic nitrogens is 2. The van der Waals surface area contributed by atoms with Crippen LogP contribution >= 0.6 is 0 Å². The van der Waals surface area contributed by atoms with Gasteiger partial charge < -0.3 is 15.4 Å². The molecule has 11 heteroatoms. The summed E-state index contributed by atoms with van der Waals surface area (Å²) in [5.41, 5.74) is 1.99. The van der Waals surface area contributed by atoms with Gasteiger partial charge in [-0.25, -0.2) is 18.3 Å². The average molecular weight is 527 g/mol. The predicted octanol–water partition coefficient (Wildman–Crippen LogP) is 3.44. The zero-order valence-electron chi connectivity index (χ0n) is 21.6. The largest absolute Gasteiger partial charge is 0.383 e. The highest BCUT2D eigenvalue weighted by Gasteiger charge is 2.35. The van der Waals surface area contributed by atoms with Gasteiger partial charge in [0.2, 0.25) is 0 Å². The topological polar surface area (TPSA) is 101 Å². The number of likely N-dealkylation sites (tertiary alicyclic amines) is 1. The molecular formula is C27H32F2N6O3. The molecule has 1 aliphatic heterocycles. The molecule has 1 aromatic heterocycles. The third-order valence-corrected chi connectivity index (χ3v) is 6.60. The Labute approximate surface area is 220 Å². The van der Waals surface area contributed by atoms with Crippen LogP contribution in [-0.2, 0) is 4.74 Å². The number of nitrogens with zero attached hydrogens (tertiary/aromatic N) is 3. The van der Waals surface area contributed by atoms with Gasteiger partial charge in [0.15, 0.2) is 17.3 Å². The maximum atomic E-state index is 14.0. The standard InChI is InChI=1S/C27H32F2N6O3/c1-4-30-26(36)24-17(2)25(35(33-24)19-8-6-5-7-9-19)32-27(37)31-23-16-34(12-13-38-3)15-20(23)18-10-11-21(28)22(29)14-18/h5-11,14,20,23H,4,12-13,15-16H2,1-3H3,(H,30,36)(H2,31,32,37). The molecule has 1 fully saturated rings. The molecule has 3 N–H and O–H groups in total. The minimum Gasteiger partial charge on any atom is -0.383 e. The molecule has 3 amide bonds. The molecule has 9 nitrogen and oxygen atoms in total. The first-order valence-corrected chi connectivity index (χ1v) is 12.5. The second-order valence-corrected chi connectivity index (χ2v) is 9.17. The van der Waals surface area contributed by atoms with Gasteiger partial charge in [-0.2, -0.15) is 5.10 Å². The van der Waals surface area contributed by atoms with Crippen molar-refractivity contribution in [2.45, 2.75) is 25.8 Å². The summed E-state index contributed by atoms with van der Waals surface area (Å²) in [6.07, 6.45) is 0. The number of benzene rings is 2. The number of halogens is 2. The van der Waals surface area contributed by atoms with Gasteiger partial charge in [-0.1, -0.05) is 24.3 Å². The van der Waals surface area contributed by atoms with E-state index < -0.39 is 17.7 Å². The smallest absolute Gasteiger partial charge is 0.320 e. The highest BCUT2D eigenvalue weighted by molar-refractivity contribution is 5.97. The molecule has 4 rings (SSSR count). The van der Waals surface area contributed by atoms with Crippen molar-refractivity contribution in [1.82, 2.24) is 25.3 Å². The molecular weight excluding hydrogens is 494 g/mol. The summed E-state index contributed by atoms with van der Waals surface area (Å²) in [6.45, 7) is 6.15. The monoisotopic (exact) mass is 526 g/mol. The quantitative estimate of drug-likeness (QED) is 0.397. The van der Waals surface area contributed by atoms with Crippen LogP contribution in [0.25, 0.3) is 5.69 Å². The average Bonchev–Trinajstić information content (AvgIpc) is 3.45. The third kappa shape index (κ3) is 6.00. The Bertz CT molecular complexity index is 1280. The molecule has 0 saturated carbocycles. The van der Waals surface area contributed by atoms with Crippen LogP contribution in [0.3, 0.4) is 0 Å². The van der Waals surface area contributed by atoms with Crippen molar-refractivity contribution in [2.24, 2.45) is 0 Å². The molecule has 38 heavy (non-hydrogen) atoms. The summed E-state index contributed by atoms with van der Waals surface area (Å²) in [5, 5.41) is 13.1. The van der Waals surface area contributed by atoms with E-state index in [1.165, 1.54) is 10.7 Å². The van der Waals surface area contributed by atoms with Crippen molar-refractivity contribution in [3.05, 3.63) is 77.0 Å². The molecule has 1 saturated heterocycles. The Morgan fingerprint density at radius 2 is 1.87 bits per heavy atom. The van der Waals surface area contributed by atoms with Crippen LogP contribution in [0, 0.1) is 18.6 Å². The lowest BCUT2D eigenvalue weighted by atomic mass is 9.94. The number of carbonyl (C=O) groups is 2. The number of nitrogens with one attached hydrogen (secondary N) is 3. The number of carbonyl (C=O) groups excluding carboxylic acids is 2. The summed E-state index contributed by atoms with van der Waals surface area (Å²) >= 11 is 0. The second kappa shape index (κ2) is 12.1. The highest BCUT2D eigenvalue weighted by Crippen LogP contribution is 2.29. The lowest BCUT2D eigenvalue weighted by Crippen LogP contribution is -2.42. The van der Waals surface area contributed by atoms with Crippen molar-refractivity contribution < 1.29 is 23.1 Å². The van der Waals surface area contributed by atoms with Crippen LogP contribution < -0.4 is 16.0 Å². The fraction of sp³-hybridized carbons (Fsp3) is 0.370. The van der Waals surface area contributed by atoms with Crippen LogP contribution in [0.5, 0.6) is 0 Å². The maximum Gasteiger partial charge on any atom is 0.320 e. The van der Waals surface area contributed by atoms with E-state index >= 15 is 0 Å². The fourth-order valence-corrected chi connectivity index (χ4v) is 4.69. The molecule has 202 valence electrons. The lowest BCUT2D eigenvalue weighted by Gasteiger charge is -2.21. The Balaban J connectivity index is 1.59. The molecule has 3 aromatic rings. The van der Waals surface area contributed by atoms with Crippen LogP contribution in [-0.4, -0.2) is 72.6 Å². The van der Waals surface area contributed by atoms with E-state index in [-0.39, 0.29) is 23.6 Å². The van der Waals surface area contributed by atoms with Gasteiger partial charge in [-0.3, -0.25) is 15.0 Å². The van der Waals surface area contributed by atoms with Crippen LogP contribution in [0.4, 0.5) is 19.4 Å². The zero-order valence-corrected chi connectivity index (χ0v) is 21.6. The van der Waals surface area contributed by atoms with E-state index in [4.69, 9.17) is 4.74 Å². The molecule has 2 atom stereocenters. The number of methoxy groups -OCH3 is 1. The second-order valence-electron chi connectivity index (χ2n) is 9.17. The minimum atomic E-state index is -0.929. The van der Waals surface area contributed by atoms with E-state index in [0.717, 1.165) is 6.07 Å². The minimum absolute atomic E-state index is 0.206. The maximum absolute atomic E-state index is 14.0. The molecule has 0 aliphatic carbocycles.